The highest BCUT2D eigenvalue weighted by atomic mass is 35.5. The summed E-state index contributed by atoms with van der Waals surface area (Å²) in [5, 5.41) is 11.9. The Kier molecular flexibility index (Phi) is 3.98. The summed E-state index contributed by atoms with van der Waals surface area (Å²) < 4.78 is 5.37. The molecule has 0 fully saturated rings. The molecule has 0 saturated carbocycles. The number of rotatable bonds is 4. The molecule has 3 rings (SSSR count). The van der Waals surface area contributed by atoms with Crippen molar-refractivity contribution in [3.63, 3.8) is 0 Å². The van der Waals surface area contributed by atoms with E-state index in [-0.39, 0.29) is 5.92 Å². The number of aromatic amines is 1. The van der Waals surface area contributed by atoms with E-state index in [9.17, 15) is 0 Å². The Hall–Kier alpha value is -2.14. The molecule has 3 aromatic rings. The first-order valence-electron chi connectivity index (χ1n) is 7.15. The van der Waals surface area contributed by atoms with E-state index in [0.717, 1.165) is 17.0 Å². The number of halogens is 1. The molecule has 1 aromatic carbocycles. The molecule has 114 valence electrons. The Bertz CT molecular complexity index is 774. The van der Waals surface area contributed by atoms with Crippen LogP contribution in [0.2, 0.25) is 5.02 Å². The maximum Gasteiger partial charge on any atom is 0.227 e. The van der Waals surface area contributed by atoms with Crippen molar-refractivity contribution in [2.75, 3.05) is 0 Å². The zero-order valence-electron chi connectivity index (χ0n) is 12.7. The largest absolute Gasteiger partial charge is 0.339 e. The van der Waals surface area contributed by atoms with Gasteiger partial charge in [0, 0.05) is 17.7 Å². The Labute approximate surface area is 133 Å². The molecule has 0 radical (unpaired) electrons. The van der Waals surface area contributed by atoms with Crippen LogP contribution in [0.4, 0.5) is 0 Å². The van der Waals surface area contributed by atoms with E-state index in [0.29, 0.717) is 23.2 Å². The molecule has 0 bridgehead atoms. The predicted octanol–water partition coefficient (Wildman–Crippen LogP) is 4.08. The van der Waals surface area contributed by atoms with Gasteiger partial charge in [0.15, 0.2) is 0 Å². The zero-order valence-corrected chi connectivity index (χ0v) is 13.5. The molecule has 0 aliphatic carbocycles. The van der Waals surface area contributed by atoms with Crippen LogP contribution in [-0.2, 0) is 6.42 Å². The molecule has 0 saturated heterocycles. The molecular formula is C16H17ClN4O. The molecule has 2 aromatic heterocycles. The van der Waals surface area contributed by atoms with Gasteiger partial charge in [-0.2, -0.15) is 10.1 Å². The number of nitrogens with one attached hydrogen (secondary N) is 1. The summed E-state index contributed by atoms with van der Waals surface area (Å²) in [5.41, 5.74) is 4.08. The minimum absolute atomic E-state index is 0.248. The van der Waals surface area contributed by atoms with Gasteiger partial charge in [-0.1, -0.05) is 35.8 Å². The second-order valence-corrected chi connectivity index (χ2v) is 5.85. The normalized spacial score (nSPS) is 12.5. The zero-order chi connectivity index (χ0) is 15.7. The number of hydrogen-bond acceptors (Lipinski definition) is 4. The first kappa shape index (κ1) is 14.8. The van der Waals surface area contributed by atoms with Crippen molar-refractivity contribution in [2.24, 2.45) is 0 Å². The number of hydrogen-bond donors (Lipinski definition) is 1. The molecule has 0 aliphatic rings. The van der Waals surface area contributed by atoms with Crippen LogP contribution in [-0.4, -0.2) is 20.3 Å². The third-order valence-corrected chi connectivity index (χ3v) is 4.07. The van der Waals surface area contributed by atoms with E-state index in [1.165, 1.54) is 5.56 Å². The van der Waals surface area contributed by atoms with E-state index < -0.39 is 0 Å². The standard InChI is InChI=1S/C16H17ClN4O/c1-9(15-10(2)19-20-11(15)3)8-14-18-16(21-22-14)12-6-4-5-7-13(12)17/h4-7,9H,8H2,1-3H3,(H,19,20)/t9-/m1/s1. The molecule has 2 heterocycles. The Morgan fingerprint density at radius 1 is 1.27 bits per heavy atom. The van der Waals surface area contributed by atoms with Gasteiger partial charge in [0.1, 0.15) is 0 Å². The Morgan fingerprint density at radius 2 is 2.05 bits per heavy atom. The van der Waals surface area contributed by atoms with Gasteiger partial charge in [-0.25, -0.2) is 0 Å². The summed E-state index contributed by atoms with van der Waals surface area (Å²) in [5.74, 6) is 1.37. The molecule has 5 nitrogen and oxygen atoms in total. The van der Waals surface area contributed by atoms with Gasteiger partial charge in [0.25, 0.3) is 0 Å². The van der Waals surface area contributed by atoms with E-state index in [1.807, 2.05) is 38.1 Å². The van der Waals surface area contributed by atoms with Crippen molar-refractivity contribution in [1.29, 1.82) is 0 Å². The molecule has 22 heavy (non-hydrogen) atoms. The van der Waals surface area contributed by atoms with Gasteiger partial charge in [0.05, 0.1) is 10.7 Å². The molecule has 0 aliphatic heterocycles. The molecule has 1 N–H and O–H groups in total. The smallest absolute Gasteiger partial charge is 0.227 e. The topological polar surface area (TPSA) is 67.6 Å². The van der Waals surface area contributed by atoms with Gasteiger partial charge in [0.2, 0.25) is 11.7 Å². The maximum absolute atomic E-state index is 6.16. The highest BCUT2D eigenvalue weighted by Gasteiger charge is 2.19. The van der Waals surface area contributed by atoms with Crippen molar-refractivity contribution in [1.82, 2.24) is 20.3 Å². The van der Waals surface area contributed by atoms with E-state index in [2.05, 4.69) is 27.3 Å². The molecular weight excluding hydrogens is 300 g/mol. The summed E-state index contributed by atoms with van der Waals surface area (Å²) in [7, 11) is 0. The van der Waals surface area contributed by atoms with Gasteiger partial charge in [-0.05, 0) is 37.5 Å². The van der Waals surface area contributed by atoms with Crippen molar-refractivity contribution >= 4 is 11.6 Å². The predicted molar refractivity (Wildman–Crippen MR) is 84.9 cm³/mol. The van der Waals surface area contributed by atoms with Crippen molar-refractivity contribution < 1.29 is 4.52 Å². The highest BCUT2D eigenvalue weighted by Crippen LogP contribution is 2.28. The third kappa shape index (κ3) is 2.76. The van der Waals surface area contributed by atoms with Gasteiger partial charge < -0.3 is 4.52 Å². The SMILES string of the molecule is Cc1n[nH]c(C)c1[C@H](C)Cc1nc(-c2ccccc2Cl)no1. The minimum atomic E-state index is 0.248. The lowest BCUT2D eigenvalue weighted by molar-refractivity contribution is 0.371. The van der Waals surface area contributed by atoms with Crippen LogP contribution in [0.15, 0.2) is 28.8 Å². The monoisotopic (exact) mass is 316 g/mol. The first-order chi connectivity index (χ1) is 10.6. The fourth-order valence-electron chi connectivity index (χ4n) is 2.74. The first-order valence-corrected chi connectivity index (χ1v) is 7.53. The van der Waals surface area contributed by atoms with E-state index >= 15 is 0 Å². The van der Waals surface area contributed by atoms with Crippen LogP contribution in [0, 0.1) is 13.8 Å². The van der Waals surface area contributed by atoms with Crippen molar-refractivity contribution in [3.05, 3.63) is 52.1 Å². The number of aryl methyl sites for hydroxylation is 2. The number of benzene rings is 1. The van der Waals surface area contributed by atoms with Gasteiger partial charge in [-0.3, -0.25) is 5.10 Å². The average Bonchev–Trinajstić information content (AvgIpc) is 3.06. The Balaban J connectivity index is 1.82. The third-order valence-electron chi connectivity index (χ3n) is 3.74. The maximum atomic E-state index is 6.16. The molecule has 6 heteroatoms. The lowest BCUT2D eigenvalue weighted by atomic mass is 9.96. The lowest BCUT2D eigenvalue weighted by Gasteiger charge is -2.08. The second kappa shape index (κ2) is 5.93. The van der Waals surface area contributed by atoms with Crippen molar-refractivity contribution in [3.8, 4) is 11.4 Å². The minimum Gasteiger partial charge on any atom is -0.339 e. The van der Waals surface area contributed by atoms with Crippen LogP contribution in [0.1, 0.15) is 35.7 Å². The summed E-state index contributed by atoms with van der Waals surface area (Å²) in [6, 6.07) is 7.47. The van der Waals surface area contributed by atoms with Crippen LogP contribution in [0.25, 0.3) is 11.4 Å². The lowest BCUT2D eigenvalue weighted by Crippen LogP contribution is -2.01. The van der Waals surface area contributed by atoms with Gasteiger partial charge >= 0.3 is 0 Å². The Morgan fingerprint density at radius 3 is 2.73 bits per heavy atom. The average molecular weight is 317 g/mol. The molecule has 0 unspecified atom stereocenters. The summed E-state index contributed by atoms with van der Waals surface area (Å²) >= 11 is 6.16. The van der Waals surface area contributed by atoms with Crippen LogP contribution in [0.5, 0.6) is 0 Å². The van der Waals surface area contributed by atoms with Crippen LogP contribution < -0.4 is 0 Å². The second-order valence-electron chi connectivity index (χ2n) is 5.44. The number of H-pyrrole nitrogens is 1. The van der Waals surface area contributed by atoms with Gasteiger partial charge in [-0.15, -0.1) is 0 Å². The quantitative estimate of drug-likeness (QED) is 0.787. The molecule has 1 atom stereocenters. The number of aromatic nitrogens is 4. The number of nitrogens with zero attached hydrogens (tertiary/aromatic N) is 3. The highest BCUT2D eigenvalue weighted by molar-refractivity contribution is 6.33. The fourth-order valence-corrected chi connectivity index (χ4v) is 2.96. The summed E-state index contributed by atoms with van der Waals surface area (Å²) in [6.07, 6.45) is 0.665. The molecule has 0 spiro atoms. The van der Waals surface area contributed by atoms with Crippen LogP contribution >= 0.6 is 11.6 Å². The fraction of sp³-hybridized carbons (Fsp3) is 0.312. The van der Waals surface area contributed by atoms with Crippen molar-refractivity contribution in [2.45, 2.75) is 33.1 Å². The summed E-state index contributed by atoms with van der Waals surface area (Å²) in [6.45, 7) is 6.15. The summed E-state index contributed by atoms with van der Waals surface area (Å²) in [4.78, 5) is 4.46. The van der Waals surface area contributed by atoms with Crippen LogP contribution in [0.3, 0.4) is 0 Å². The van der Waals surface area contributed by atoms with E-state index in [4.69, 9.17) is 16.1 Å². The van der Waals surface area contributed by atoms with E-state index in [1.54, 1.807) is 0 Å². The molecule has 0 amide bonds.